The Labute approximate surface area is 92.0 Å². The number of halogens is 1. The lowest BCUT2D eigenvalue weighted by Crippen LogP contribution is -2.21. The van der Waals surface area contributed by atoms with Gasteiger partial charge in [0.2, 0.25) is 0 Å². The van der Waals surface area contributed by atoms with Gasteiger partial charge in [0.1, 0.15) is 0 Å². The van der Waals surface area contributed by atoms with Gasteiger partial charge in [0.25, 0.3) is 0 Å². The van der Waals surface area contributed by atoms with E-state index >= 15 is 0 Å². The summed E-state index contributed by atoms with van der Waals surface area (Å²) in [6.07, 6.45) is 3.94. The van der Waals surface area contributed by atoms with Gasteiger partial charge in [0, 0.05) is 11.1 Å². The minimum Gasteiger partial charge on any atom is -0.494 e. The van der Waals surface area contributed by atoms with Gasteiger partial charge in [-0.05, 0) is 12.1 Å². The first kappa shape index (κ1) is 11.9. The standard InChI is InChI=1S/C11H10FNO3/c1-3-7-4-5-9(16-2)10(12)8(7)6-13-11(14)15/h1,4-5,13H,6H2,2H3,(H,14,15). The van der Waals surface area contributed by atoms with E-state index in [4.69, 9.17) is 16.3 Å². The number of nitrogens with one attached hydrogen (secondary N) is 1. The molecule has 16 heavy (non-hydrogen) atoms. The van der Waals surface area contributed by atoms with Crippen LogP contribution >= 0.6 is 0 Å². The van der Waals surface area contributed by atoms with Crippen molar-refractivity contribution in [2.75, 3.05) is 7.11 Å². The topological polar surface area (TPSA) is 58.6 Å². The molecule has 1 rings (SSSR count). The van der Waals surface area contributed by atoms with Crippen molar-refractivity contribution in [3.05, 3.63) is 29.1 Å². The number of ether oxygens (including phenoxy) is 1. The van der Waals surface area contributed by atoms with Gasteiger partial charge in [-0.1, -0.05) is 5.92 Å². The van der Waals surface area contributed by atoms with Crippen molar-refractivity contribution in [1.82, 2.24) is 5.32 Å². The normalized spacial score (nSPS) is 9.31. The molecule has 2 N–H and O–H groups in total. The summed E-state index contributed by atoms with van der Waals surface area (Å²) in [5.74, 6) is 1.67. The van der Waals surface area contributed by atoms with Gasteiger partial charge >= 0.3 is 6.09 Å². The molecule has 0 aliphatic carbocycles. The molecule has 0 aliphatic rings. The van der Waals surface area contributed by atoms with E-state index in [1.165, 1.54) is 19.2 Å². The number of hydrogen-bond acceptors (Lipinski definition) is 2. The highest BCUT2D eigenvalue weighted by Crippen LogP contribution is 2.23. The average Bonchev–Trinajstić information content (AvgIpc) is 2.26. The maximum atomic E-state index is 13.7. The van der Waals surface area contributed by atoms with Crippen LogP contribution in [0.15, 0.2) is 12.1 Å². The Morgan fingerprint density at radius 3 is 2.88 bits per heavy atom. The Morgan fingerprint density at radius 2 is 2.38 bits per heavy atom. The fraction of sp³-hybridized carbons (Fsp3) is 0.182. The first-order valence-corrected chi connectivity index (χ1v) is 4.39. The number of methoxy groups -OCH3 is 1. The maximum absolute atomic E-state index is 13.7. The molecule has 0 bridgehead atoms. The van der Waals surface area contributed by atoms with Gasteiger partial charge < -0.3 is 15.2 Å². The Kier molecular flexibility index (Phi) is 3.72. The van der Waals surface area contributed by atoms with E-state index < -0.39 is 11.9 Å². The van der Waals surface area contributed by atoms with Crippen molar-refractivity contribution < 1.29 is 19.0 Å². The largest absolute Gasteiger partial charge is 0.494 e. The van der Waals surface area contributed by atoms with Crippen molar-refractivity contribution in [2.24, 2.45) is 0 Å². The molecule has 84 valence electrons. The summed E-state index contributed by atoms with van der Waals surface area (Å²) in [5.41, 5.74) is 0.399. The molecule has 1 aromatic rings. The van der Waals surface area contributed by atoms with Crippen LogP contribution in [0.2, 0.25) is 0 Å². The van der Waals surface area contributed by atoms with E-state index in [1.807, 2.05) is 0 Å². The Bertz CT molecular complexity index is 451. The summed E-state index contributed by atoms with van der Waals surface area (Å²) in [7, 11) is 1.32. The third-order valence-corrected chi connectivity index (χ3v) is 2.00. The van der Waals surface area contributed by atoms with Crippen LogP contribution in [0.3, 0.4) is 0 Å². The molecular weight excluding hydrogens is 213 g/mol. The fourth-order valence-electron chi connectivity index (χ4n) is 1.23. The van der Waals surface area contributed by atoms with Crippen LogP contribution in [0, 0.1) is 18.2 Å². The smallest absolute Gasteiger partial charge is 0.404 e. The summed E-state index contributed by atoms with van der Waals surface area (Å²) in [6.45, 7) is -0.197. The monoisotopic (exact) mass is 223 g/mol. The molecule has 0 spiro atoms. The second kappa shape index (κ2) is 5.03. The number of carbonyl (C=O) groups is 1. The van der Waals surface area contributed by atoms with Crippen molar-refractivity contribution in [3.63, 3.8) is 0 Å². The van der Waals surface area contributed by atoms with E-state index in [0.29, 0.717) is 5.56 Å². The summed E-state index contributed by atoms with van der Waals surface area (Å²) in [5, 5.41) is 10.5. The molecule has 1 aromatic carbocycles. The quantitative estimate of drug-likeness (QED) is 0.765. The van der Waals surface area contributed by atoms with Crippen LogP contribution in [0.1, 0.15) is 11.1 Å². The lowest BCUT2D eigenvalue weighted by atomic mass is 10.1. The van der Waals surface area contributed by atoms with Gasteiger partial charge in [0.05, 0.1) is 13.7 Å². The number of rotatable bonds is 3. The predicted molar refractivity (Wildman–Crippen MR) is 55.8 cm³/mol. The zero-order chi connectivity index (χ0) is 12.1. The van der Waals surface area contributed by atoms with E-state index in [9.17, 15) is 9.18 Å². The second-order valence-corrected chi connectivity index (χ2v) is 2.91. The zero-order valence-electron chi connectivity index (χ0n) is 8.58. The van der Waals surface area contributed by atoms with Crippen molar-refractivity contribution in [1.29, 1.82) is 0 Å². The highest BCUT2D eigenvalue weighted by atomic mass is 19.1. The summed E-state index contributed by atoms with van der Waals surface area (Å²) in [4.78, 5) is 10.3. The van der Waals surface area contributed by atoms with Gasteiger partial charge in [-0.15, -0.1) is 6.42 Å². The molecular formula is C11H10FNO3. The molecule has 1 amide bonds. The van der Waals surface area contributed by atoms with Crippen LogP contribution in [0.4, 0.5) is 9.18 Å². The van der Waals surface area contributed by atoms with E-state index in [0.717, 1.165) is 0 Å². The van der Waals surface area contributed by atoms with Crippen molar-refractivity contribution >= 4 is 6.09 Å². The second-order valence-electron chi connectivity index (χ2n) is 2.91. The number of benzene rings is 1. The highest BCUT2D eigenvalue weighted by Gasteiger charge is 2.13. The lowest BCUT2D eigenvalue weighted by molar-refractivity contribution is 0.194. The molecule has 4 nitrogen and oxygen atoms in total. The first-order valence-electron chi connectivity index (χ1n) is 4.39. The lowest BCUT2D eigenvalue weighted by Gasteiger charge is -2.09. The first-order chi connectivity index (χ1) is 7.60. The van der Waals surface area contributed by atoms with E-state index in [2.05, 4.69) is 11.2 Å². The molecule has 0 atom stereocenters. The predicted octanol–water partition coefficient (Wildman–Crippen LogP) is 1.58. The highest BCUT2D eigenvalue weighted by molar-refractivity contribution is 5.64. The number of carboxylic acid groups (broad SMARTS) is 1. The fourth-order valence-corrected chi connectivity index (χ4v) is 1.23. The molecule has 0 aliphatic heterocycles. The van der Waals surface area contributed by atoms with Crippen molar-refractivity contribution in [3.8, 4) is 18.1 Å². The van der Waals surface area contributed by atoms with Gasteiger partial charge in [-0.3, -0.25) is 0 Å². The third kappa shape index (κ3) is 2.42. The Hall–Kier alpha value is -2.22. The minimum absolute atomic E-state index is 0.0289. The summed E-state index contributed by atoms with van der Waals surface area (Å²) < 4.78 is 18.5. The van der Waals surface area contributed by atoms with Crippen LogP contribution in [-0.4, -0.2) is 18.3 Å². The SMILES string of the molecule is C#Cc1ccc(OC)c(F)c1CNC(=O)O. The third-order valence-electron chi connectivity index (χ3n) is 2.00. The number of amides is 1. The van der Waals surface area contributed by atoms with Gasteiger partial charge in [0.15, 0.2) is 11.6 Å². The van der Waals surface area contributed by atoms with E-state index in [-0.39, 0.29) is 17.9 Å². The van der Waals surface area contributed by atoms with Gasteiger partial charge in [-0.25, -0.2) is 9.18 Å². The Balaban J connectivity index is 3.12. The zero-order valence-corrected chi connectivity index (χ0v) is 8.58. The molecule has 0 fully saturated rings. The summed E-state index contributed by atoms with van der Waals surface area (Å²) >= 11 is 0. The minimum atomic E-state index is -1.25. The number of hydrogen-bond donors (Lipinski definition) is 2. The van der Waals surface area contributed by atoms with Crippen LogP contribution in [-0.2, 0) is 6.54 Å². The molecule has 0 saturated carbocycles. The molecule has 0 saturated heterocycles. The Morgan fingerprint density at radius 1 is 1.69 bits per heavy atom. The molecule has 0 radical (unpaired) electrons. The molecule has 0 heterocycles. The van der Waals surface area contributed by atoms with Gasteiger partial charge in [-0.2, -0.15) is 0 Å². The molecule has 5 heteroatoms. The van der Waals surface area contributed by atoms with E-state index in [1.54, 1.807) is 0 Å². The summed E-state index contributed by atoms with van der Waals surface area (Å²) in [6, 6.07) is 2.90. The number of terminal acetylenes is 1. The van der Waals surface area contributed by atoms with Crippen LogP contribution in [0.5, 0.6) is 5.75 Å². The van der Waals surface area contributed by atoms with Crippen LogP contribution < -0.4 is 10.1 Å². The molecule has 0 aromatic heterocycles. The van der Waals surface area contributed by atoms with Crippen LogP contribution in [0.25, 0.3) is 0 Å². The maximum Gasteiger partial charge on any atom is 0.404 e. The molecule has 0 unspecified atom stereocenters. The average molecular weight is 223 g/mol. The van der Waals surface area contributed by atoms with Crippen molar-refractivity contribution in [2.45, 2.75) is 6.54 Å².